The number of fused-ring (bicyclic) bond motifs is 6. The van der Waals surface area contributed by atoms with Gasteiger partial charge in [0.2, 0.25) is 0 Å². The lowest BCUT2D eigenvalue weighted by atomic mass is 10.1. The maximum atomic E-state index is 13.1. The lowest BCUT2D eigenvalue weighted by Gasteiger charge is -2.31. The molecular weight excluding hydrogens is 203 g/mol. The number of hydrogen-bond donors (Lipinski definition) is 0. The molecule has 0 amide bonds. The smallest absolute Gasteiger partial charge is 0.123 e. The zero-order valence-corrected chi connectivity index (χ0v) is 8.73. The first-order chi connectivity index (χ1) is 7.81. The standard InChI is InChI=1S/C13H11FN2/c14-10-2-4-12-9(5-10)7-16-11-3-1-8(6-11)13(16)15-12/h1-5,8,11H,6-7H2. The summed E-state index contributed by atoms with van der Waals surface area (Å²) in [5, 5.41) is 0. The van der Waals surface area contributed by atoms with Crippen LogP contribution in [0.5, 0.6) is 0 Å². The minimum Gasteiger partial charge on any atom is -0.349 e. The van der Waals surface area contributed by atoms with Crippen molar-refractivity contribution in [3.05, 3.63) is 41.7 Å². The lowest BCUT2D eigenvalue weighted by molar-refractivity contribution is 0.377. The van der Waals surface area contributed by atoms with Gasteiger partial charge in [-0.1, -0.05) is 12.2 Å². The first-order valence-electron chi connectivity index (χ1n) is 5.63. The Bertz CT molecular complexity index is 533. The van der Waals surface area contributed by atoms with Gasteiger partial charge in [0.15, 0.2) is 0 Å². The molecule has 2 heterocycles. The van der Waals surface area contributed by atoms with Gasteiger partial charge in [-0.2, -0.15) is 0 Å². The van der Waals surface area contributed by atoms with E-state index < -0.39 is 0 Å². The molecule has 80 valence electrons. The molecule has 2 atom stereocenters. The molecule has 0 N–H and O–H groups in total. The molecule has 2 unspecified atom stereocenters. The SMILES string of the molecule is Fc1ccc2c(c1)CN1C(=N2)C2C=CC1C2. The minimum atomic E-state index is -0.169. The van der Waals surface area contributed by atoms with Crippen LogP contribution in [0.25, 0.3) is 0 Å². The Kier molecular flexibility index (Phi) is 1.45. The van der Waals surface area contributed by atoms with Crippen LogP contribution in [0.4, 0.5) is 10.1 Å². The van der Waals surface area contributed by atoms with Crippen LogP contribution in [0, 0.1) is 11.7 Å². The van der Waals surface area contributed by atoms with Crippen LogP contribution in [-0.2, 0) is 6.54 Å². The number of nitrogens with zero attached hydrogens (tertiary/aromatic N) is 2. The van der Waals surface area contributed by atoms with E-state index in [-0.39, 0.29) is 5.82 Å². The van der Waals surface area contributed by atoms with Gasteiger partial charge < -0.3 is 4.90 Å². The molecule has 1 saturated heterocycles. The highest BCUT2D eigenvalue weighted by Gasteiger charge is 2.40. The molecule has 3 aliphatic rings. The van der Waals surface area contributed by atoms with Crippen LogP contribution in [0.3, 0.4) is 0 Å². The molecule has 3 heteroatoms. The molecular formula is C13H11FN2. The van der Waals surface area contributed by atoms with Crippen molar-refractivity contribution in [1.29, 1.82) is 0 Å². The van der Waals surface area contributed by atoms with Crippen molar-refractivity contribution in [3.8, 4) is 0 Å². The highest BCUT2D eigenvalue weighted by Crippen LogP contribution is 2.40. The highest BCUT2D eigenvalue weighted by atomic mass is 19.1. The number of hydrogen-bond acceptors (Lipinski definition) is 2. The molecule has 0 radical (unpaired) electrons. The third-order valence-electron chi connectivity index (χ3n) is 3.70. The van der Waals surface area contributed by atoms with Gasteiger partial charge >= 0.3 is 0 Å². The van der Waals surface area contributed by atoms with E-state index in [0.29, 0.717) is 12.0 Å². The molecule has 2 bridgehead atoms. The second-order valence-corrected chi connectivity index (χ2v) is 4.67. The average molecular weight is 214 g/mol. The molecule has 4 rings (SSSR count). The molecule has 0 saturated carbocycles. The van der Waals surface area contributed by atoms with Crippen LogP contribution in [0.2, 0.25) is 0 Å². The Labute approximate surface area is 93.1 Å². The van der Waals surface area contributed by atoms with Crippen LogP contribution in [-0.4, -0.2) is 16.8 Å². The normalized spacial score (nSPS) is 29.1. The van der Waals surface area contributed by atoms with E-state index >= 15 is 0 Å². The van der Waals surface area contributed by atoms with Gasteiger partial charge in [-0.15, -0.1) is 0 Å². The van der Waals surface area contributed by atoms with Crippen molar-refractivity contribution in [2.75, 3.05) is 0 Å². The van der Waals surface area contributed by atoms with E-state index in [9.17, 15) is 4.39 Å². The van der Waals surface area contributed by atoms with Crippen LogP contribution in [0.1, 0.15) is 12.0 Å². The van der Waals surface area contributed by atoms with E-state index in [4.69, 9.17) is 0 Å². The maximum Gasteiger partial charge on any atom is 0.123 e. The van der Waals surface area contributed by atoms with Gasteiger partial charge in [0.05, 0.1) is 5.69 Å². The summed E-state index contributed by atoms with van der Waals surface area (Å²) >= 11 is 0. The summed E-state index contributed by atoms with van der Waals surface area (Å²) in [5.41, 5.74) is 1.94. The fourth-order valence-electron chi connectivity index (χ4n) is 2.93. The summed E-state index contributed by atoms with van der Waals surface area (Å²) in [6, 6.07) is 5.36. The number of benzene rings is 1. The topological polar surface area (TPSA) is 15.6 Å². The Hall–Kier alpha value is -1.64. The first kappa shape index (κ1) is 8.50. The van der Waals surface area contributed by atoms with Gasteiger partial charge in [-0.3, -0.25) is 0 Å². The first-order valence-corrected chi connectivity index (χ1v) is 5.63. The Balaban J connectivity index is 1.86. The molecule has 2 nitrogen and oxygen atoms in total. The van der Waals surface area contributed by atoms with Gasteiger partial charge in [0.1, 0.15) is 11.7 Å². The lowest BCUT2D eigenvalue weighted by Crippen LogP contribution is -2.36. The number of halogens is 1. The number of rotatable bonds is 0. The van der Waals surface area contributed by atoms with Crippen LogP contribution < -0.4 is 0 Å². The summed E-state index contributed by atoms with van der Waals surface area (Å²) < 4.78 is 13.1. The highest BCUT2D eigenvalue weighted by molar-refractivity contribution is 5.93. The van der Waals surface area contributed by atoms with Crippen molar-refractivity contribution in [2.24, 2.45) is 10.9 Å². The Morgan fingerprint density at radius 2 is 2.25 bits per heavy atom. The Morgan fingerprint density at radius 1 is 1.31 bits per heavy atom. The van der Waals surface area contributed by atoms with E-state index in [1.165, 1.54) is 11.9 Å². The zero-order chi connectivity index (χ0) is 10.7. The van der Waals surface area contributed by atoms with Gasteiger partial charge in [0.25, 0.3) is 0 Å². The predicted molar refractivity (Wildman–Crippen MR) is 60.1 cm³/mol. The molecule has 0 aromatic heterocycles. The van der Waals surface area contributed by atoms with Crippen LogP contribution in [0.15, 0.2) is 35.3 Å². The molecule has 1 aliphatic carbocycles. The van der Waals surface area contributed by atoms with Crippen molar-refractivity contribution in [3.63, 3.8) is 0 Å². The summed E-state index contributed by atoms with van der Waals surface area (Å²) in [6.45, 7) is 0.803. The zero-order valence-electron chi connectivity index (χ0n) is 8.73. The molecule has 1 aromatic rings. The van der Waals surface area contributed by atoms with Crippen molar-refractivity contribution in [1.82, 2.24) is 4.90 Å². The second kappa shape index (κ2) is 2.73. The monoisotopic (exact) mass is 214 g/mol. The quantitative estimate of drug-likeness (QED) is 0.606. The third kappa shape index (κ3) is 0.979. The maximum absolute atomic E-state index is 13.1. The van der Waals surface area contributed by atoms with Crippen molar-refractivity contribution >= 4 is 11.5 Å². The number of amidine groups is 1. The van der Waals surface area contributed by atoms with E-state index in [1.54, 1.807) is 12.1 Å². The summed E-state index contributed by atoms with van der Waals surface area (Å²) in [7, 11) is 0. The minimum absolute atomic E-state index is 0.169. The van der Waals surface area contributed by atoms with Gasteiger partial charge in [-0.05, 0) is 24.6 Å². The fourth-order valence-corrected chi connectivity index (χ4v) is 2.93. The summed E-state index contributed by atoms with van der Waals surface area (Å²) in [6.07, 6.45) is 5.64. The largest absolute Gasteiger partial charge is 0.349 e. The van der Waals surface area contributed by atoms with Crippen molar-refractivity contribution < 1.29 is 4.39 Å². The summed E-state index contributed by atoms with van der Waals surface area (Å²) in [4.78, 5) is 6.95. The molecule has 16 heavy (non-hydrogen) atoms. The van der Waals surface area contributed by atoms with E-state index in [0.717, 1.165) is 24.2 Å². The molecule has 0 spiro atoms. The van der Waals surface area contributed by atoms with Gasteiger partial charge in [-0.25, -0.2) is 9.38 Å². The average Bonchev–Trinajstić information content (AvgIpc) is 2.87. The summed E-state index contributed by atoms with van der Waals surface area (Å²) in [5.74, 6) is 1.49. The van der Waals surface area contributed by atoms with E-state index in [2.05, 4.69) is 22.0 Å². The molecule has 1 aromatic carbocycles. The number of aliphatic imine (C=N–C) groups is 1. The third-order valence-corrected chi connectivity index (χ3v) is 3.70. The molecule has 1 fully saturated rings. The fraction of sp³-hybridized carbons (Fsp3) is 0.308. The molecule has 2 aliphatic heterocycles. The predicted octanol–water partition coefficient (Wildman–Crippen LogP) is 2.63. The van der Waals surface area contributed by atoms with Crippen LogP contribution >= 0.6 is 0 Å². The van der Waals surface area contributed by atoms with E-state index in [1.807, 2.05) is 0 Å². The van der Waals surface area contributed by atoms with Gasteiger partial charge in [0, 0.05) is 24.1 Å². The second-order valence-electron chi connectivity index (χ2n) is 4.67. The Morgan fingerprint density at radius 3 is 3.19 bits per heavy atom. The van der Waals surface area contributed by atoms with Crippen molar-refractivity contribution in [2.45, 2.75) is 19.0 Å².